The number of morpholine rings is 1. The van der Waals surface area contributed by atoms with E-state index in [1.165, 1.54) is 34.9 Å². The molecule has 2 aromatic rings. The molecule has 1 aromatic heterocycles. The minimum absolute atomic E-state index is 0.141. The lowest BCUT2D eigenvalue weighted by molar-refractivity contribution is -0.111. The molecule has 0 aliphatic carbocycles. The molecular formula is C17H18N2O5S. The van der Waals surface area contributed by atoms with Crippen molar-refractivity contribution >= 4 is 27.7 Å². The molecule has 1 aromatic carbocycles. The fraction of sp³-hybridized carbons (Fsp3) is 0.235. The average molecular weight is 362 g/mol. The zero-order chi connectivity index (χ0) is 17.7. The van der Waals surface area contributed by atoms with Gasteiger partial charge in [-0.2, -0.15) is 4.31 Å². The summed E-state index contributed by atoms with van der Waals surface area (Å²) in [6.45, 7) is 1.41. The molecule has 3 rings (SSSR count). The standard InChI is InChI=1S/C17H18N2O5S/c20-17(7-6-15-4-2-10-24-15)18-14-3-1-5-16(13-14)25(21,22)19-8-11-23-12-9-19/h1-7,10,13H,8-9,11-12H2,(H,18,20). The van der Waals surface area contributed by atoms with Gasteiger partial charge in [0.2, 0.25) is 15.9 Å². The Labute approximate surface area is 145 Å². The molecule has 8 heteroatoms. The second-order valence-electron chi connectivity index (χ2n) is 5.38. The molecule has 7 nitrogen and oxygen atoms in total. The zero-order valence-corrected chi connectivity index (χ0v) is 14.2. The third-order valence-corrected chi connectivity index (χ3v) is 5.55. The predicted octanol–water partition coefficient (Wildman–Crippen LogP) is 1.95. The number of sulfonamides is 1. The largest absolute Gasteiger partial charge is 0.465 e. The molecule has 1 amide bonds. The number of nitrogens with zero attached hydrogens (tertiary/aromatic N) is 1. The number of anilines is 1. The highest BCUT2D eigenvalue weighted by Crippen LogP contribution is 2.20. The number of carbonyl (C=O) groups excluding carboxylic acids is 1. The van der Waals surface area contributed by atoms with Gasteiger partial charge >= 0.3 is 0 Å². The number of benzene rings is 1. The van der Waals surface area contributed by atoms with Crippen LogP contribution in [0, 0.1) is 0 Å². The molecule has 0 radical (unpaired) electrons. The number of hydrogen-bond acceptors (Lipinski definition) is 5. The lowest BCUT2D eigenvalue weighted by atomic mass is 10.3. The molecule has 0 bridgehead atoms. The van der Waals surface area contributed by atoms with Crippen molar-refractivity contribution in [3.63, 3.8) is 0 Å². The van der Waals surface area contributed by atoms with Crippen LogP contribution in [0.1, 0.15) is 5.76 Å². The monoisotopic (exact) mass is 362 g/mol. The van der Waals surface area contributed by atoms with Crippen LogP contribution in [0.25, 0.3) is 6.08 Å². The van der Waals surface area contributed by atoms with E-state index >= 15 is 0 Å². The molecule has 2 heterocycles. The topological polar surface area (TPSA) is 88.8 Å². The van der Waals surface area contributed by atoms with E-state index in [-0.39, 0.29) is 10.8 Å². The molecule has 0 atom stereocenters. The van der Waals surface area contributed by atoms with Gasteiger partial charge in [0.25, 0.3) is 0 Å². The summed E-state index contributed by atoms with van der Waals surface area (Å²) in [4.78, 5) is 12.1. The molecule has 132 valence electrons. The predicted molar refractivity (Wildman–Crippen MR) is 92.4 cm³/mol. The van der Waals surface area contributed by atoms with Crippen LogP contribution in [0.5, 0.6) is 0 Å². The Morgan fingerprint density at radius 2 is 1.96 bits per heavy atom. The molecule has 1 saturated heterocycles. The van der Waals surface area contributed by atoms with Crippen LogP contribution in [0.2, 0.25) is 0 Å². The Morgan fingerprint density at radius 1 is 1.16 bits per heavy atom. The molecule has 0 unspecified atom stereocenters. The van der Waals surface area contributed by atoms with Crippen LogP contribution in [0.3, 0.4) is 0 Å². The Hall–Kier alpha value is -2.42. The maximum Gasteiger partial charge on any atom is 0.248 e. The smallest absolute Gasteiger partial charge is 0.248 e. The number of ether oxygens (including phenoxy) is 1. The van der Waals surface area contributed by atoms with Crippen LogP contribution >= 0.6 is 0 Å². The van der Waals surface area contributed by atoms with Crippen molar-refractivity contribution in [1.82, 2.24) is 4.31 Å². The highest BCUT2D eigenvalue weighted by Gasteiger charge is 2.26. The second-order valence-corrected chi connectivity index (χ2v) is 7.32. The second kappa shape index (κ2) is 7.64. The van der Waals surface area contributed by atoms with Crippen LogP contribution in [-0.2, 0) is 19.6 Å². The summed E-state index contributed by atoms with van der Waals surface area (Å²) in [7, 11) is -3.60. The molecule has 1 fully saturated rings. The van der Waals surface area contributed by atoms with Crippen molar-refractivity contribution in [3.8, 4) is 0 Å². The van der Waals surface area contributed by atoms with E-state index < -0.39 is 10.0 Å². The van der Waals surface area contributed by atoms with Gasteiger partial charge in [0.05, 0.1) is 24.4 Å². The first-order valence-electron chi connectivity index (χ1n) is 7.76. The number of amides is 1. The van der Waals surface area contributed by atoms with E-state index in [0.29, 0.717) is 37.8 Å². The molecule has 0 spiro atoms. The van der Waals surface area contributed by atoms with E-state index in [4.69, 9.17) is 9.15 Å². The Kier molecular flexibility index (Phi) is 5.32. The van der Waals surface area contributed by atoms with Crippen molar-refractivity contribution < 1.29 is 22.4 Å². The van der Waals surface area contributed by atoms with Crippen molar-refractivity contribution in [2.24, 2.45) is 0 Å². The van der Waals surface area contributed by atoms with Crippen LogP contribution in [-0.4, -0.2) is 44.9 Å². The maximum atomic E-state index is 12.6. The first kappa shape index (κ1) is 17.4. The molecule has 0 saturated carbocycles. The van der Waals surface area contributed by atoms with Gasteiger partial charge in [0, 0.05) is 24.9 Å². The van der Waals surface area contributed by atoms with Gasteiger partial charge in [-0.1, -0.05) is 6.07 Å². The molecule has 1 aliphatic rings. The van der Waals surface area contributed by atoms with Crippen LogP contribution in [0.15, 0.2) is 58.1 Å². The molecule has 1 N–H and O–H groups in total. The molecular weight excluding hydrogens is 344 g/mol. The number of carbonyl (C=O) groups is 1. The summed E-state index contributed by atoms with van der Waals surface area (Å²) >= 11 is 0. The summed E-state index contributed by atoms with van der Waals surface area (Å²) in [6, 6.07) is 9.63. The first-order chi connectivity index (χ1) is 12.1. The van der Waals surface area contributed by atoms with Crippen LogP contribution < -0.4 is 5.32 Å². The fourth-order valence-electron chi connectivity index (χ4n) is 2.40. The lowest BCUT2D eigenvalue weighted by Gasteiger charge is -2.26. The van der Waals surface area contributed by atoms with Crippen molar-refractivity contribution in [1.29, 1.82) is 0 Å². The highest BCUT2D eigenvalue weighted by atomic mass is 32.2. The summed E-state index contributed by atoms with van der Waals surface area (Å²) in [6.07, 6.45) is 4.36. The van der Waals surface area contributed by atoms with Crippen molar-refractivity contribution in [2.75, 3.05) is 31.6 Å². The average Bonchev–Trinajstić information content (AvgIpc) is 3.14. The minimum atomic E-state index is -3.60. The van der Waals surface area contributed by atoms with E-state index in [2.05, 4.69) is 5.32 Å². The summed E-state index contributed by atoms with van der Waals surface area (Å²) < 4.78 is 36.9. The third kappa shape index (κ3) is 4.36. The van der Waals surface area contributed by atoms with E-state index in [1.807, 2.05) is 0 Å². The number of hydrogen-bond donors (Lipinski definition) is 1. The first-order valence-corrected chi connectivity index (χ1v) is 9.20. The zero-order valence-electron chi connectivity index (χ0n) is 13.4. The number of rotatable bonds is 5. The third-order valence-electron chi connectivity index (χ3n) is 3.65. The van der Waals surface area contributed by atoms with E-state index in [0.717, 1.165) is 0 Å². The molecule has 1 aliphatic heterocycles. The van der Waals surface area contributed by atoms with E-state index in [1.54, 1.807) is 24.3 Å². The number of nitrogens with one attached hydrogen (secondary N) is 1. The quantitative estimate of drug-likeness (QED) is 0.822. The normalized spacial score (nSPS) is 16.2. The fourth-order valence-corrected chi connectivity index (χ4v) is 3.85. The number of furan rings is 1. The van der Waals surface area contributed by atoms with Gasteiger partial charge in [-0.05, 0) is 36.4 Å². The lowest BCUT2D eigenvalue weighted by Crippen LogP contribution is -2.40. The minimum Gasteiger partial charge on any atom is -0.465 e. The van der Waals surface area contributed by atoms with Crippen molar-refractivity contribution in [3.05, 3.63) is 54.5 Å². The Bertz CT molecular complexity index is 853. The highest BCUT2D eigenvalue weighted by molar-refractivity contribution is 7.89. The Morgan fingerprint density at radius 3 is 2.68 bits per heavy atom. The van der Waals surface area contributed by atoms with Gasteiger partial charge < -0.3 is 14.5 Å². The van der Waals surface area contributed by atoms with E-state index in [9.17, 15) is 13.2 Å². The SMILES string of the molecule is O=C(C=Cc1ccco1)Nc1cccc(S(=O)(=O)N2CCOCC2)c1. The summed E-state index contributed by atoms with van der Waals surface area (Å²) in [5.41, 5.74) is 0.406. The van der Waals surface area contributed by atoms with Crippen molar-refractivity contribution in [2.45, 2.75) is 4.90 Å². The maximum absolute atomic E-state index is 12.6. The van der Waals surface area contributed by atoms with Gasteiger partial charge in [0.15, 0.2) is 0 Å². The van der Waals surface area contributed by atoms with Crippen LogP contribution in [0.4, 0.5) is 5.69 Å². The summed E-state index contributed by atoms with van der Waals surface area (Å²) in [5, 5.41) is 2.64. The summed E-state index contributed by atoms with van der Waals surface area (Å²) in [5.74, 6) is 0.177. The van der Waals surface area contributed by atoms with Gasteiger partial charge in [-0.3, -0.25) is 4.79 Å². The Balaban J connectivity index is 1.71. The molecule has 25 heavy (non-hydrogen) atoms. The van der Waals surface area contributed by atoms with Gasteiger partial charge in [0.1, 0.15) is 5.76 Å². The van der Waals surface area contributed by atoms with Gasteiger partial charge in [-0.15, -0.1) is 0 Å². The van der Waals surface area contributed by atoms with Gasteiger partial charge in [-0.25, -0.2) is 8.42 Å².